The molecular weight excluding hydrogens is 299 g/mol. The quantitative estimate of drug-likeness (QED) is 0.569. The fraction of sp³-hybridized carbons (Fsp3) is 1.00. The van der Waals surface area contributed by atoms with E-state index in [2.05, 4.69) is 22.6 Å². The number of halogens is 1. The maximum Gasteiger partial charge on any atom is 0.190 e. The molecule has 0 spiro atoms. The molecule has 0 saturated carbocycles. The van der Waals surface area contributed by atoms with Crippen molar-refractivity contribution in [1.29, 1.82) is 0 Å². The molecule has 2 fully saturated rings. The number of alkyl halides is 1. The minimum absolute atomic E-state index is 0.0151. The van der Waals surface area contributed by atoms with Crippen LogP contribution < -0.4 is 0 Å². The normalized spacial score (nSPS) is 45.4. The standard InChI is InChI=1S/C9H15IO4/c1-9(2)13-7-6(11-3)5(4-10)12-8(7)14-9/h5-8H,4H2,1-3H3/t5-,6+,7-,8-/m1/s1. The van der Waals surface area contributed by atoms with Gasteiger partial charge in [0, 0.05) is 11.5 Å². The lowest BCUT2D eigenvalue weighted by atomic mass is 10.1. The molecule has 0 radical (unpaired) electrons. The Morgan fingerprint density at radius 3 is 2.64 bits per heavy atom. The molecule has 2 saturated heterocycles. The van der Waals surface area contributed by atoms with Gasteiger partial charge in [0.1, 0.15) is 12.2 Å². The summed E-state index contributed by atoms with van der Waals surface area (Å²) in [7, 11) is 1.68. The molecule has 2 heterocycles. The molecule has 0 aromatic heterocycles. The highest BCUT2D eigenvalue weighted by molar-refractivity contribution is 14.1. The molecule has 4 nitrogen and oxygen atoms in total. The average Bonchev–Trinajstić information content (AvgIpc) is 2.55. The molecule has 0 aliphatic carbocycles. The molecule has 5 heteroatoms. The second-order valence-electron chi connectivity index (χ2n) is 4.00. The van der Waals surface area contributed by atoms with E-state index in [1.807, 2.05) is 13.8 Å². The number of hydrogen-bond donors (Lipinski definition) is 0. The SMILES string of the molecule is CO[C@@H]1[C@H]2OC(C)(C)O[C@H]2O[C@@H]1CI. The summed E-state index contributed by atoms with van der Waals surface area (Å²) in [4.78, 5) is 0. The van der Waals surface area contributed by atoms with E-state index in [-0.39, 0.29) is 24.6 Å². The third kappa shape index (κ3) is 1.80. The van der Waals surface area contributed by atoms with Crippen LogP contribution in [-0.4, -0.2) is 41.9 Å². The second-order valence-corrected chi connectivity index (χ2v) is 4.88. The zero-order valence-corrected chi connectivity index (χ0v) is 10.7. The first kappa shape index (κ1) is 11.1. The van der Waals surface area contributed by atoms with Crippen LogP contribution in [0.5, 0.6) is 0 Å². The van der Waals surface area contributed by atoms with E-state index < -0.39 is 5.79 Å². The van der Waals surface area contributed by atoms with Crippen LogP contribution in [0.1, 0.15) is 13.8 Å². The van der Waals surface area contributed by atoms with Gasteiger partial charge in [-0.1, -0.05) is 22.6 Å². The summed E-state index contributed by atoms with van der Waals surface area (Å²) >= 11 is 2.28. The summed E-state index contributed by atoms with van der Waals surface area (Å²) in [5, 5.41) is 0. The summed E-state index contributed by atoms with van der Waals surface area (Å²) in [6.45, 7) is 3.78. The predicted octanol–water partition coefficient (Wildman–Crippen LogP) is 1.31. The van der Waals surface area contributed by atoms with Gasteiger partial charge in [-0.3, -0.25) is 0 Å². The zero-order chi connectivity index (χ0) is 10.3. The third-order valence-electron chi connectivity index (χ3n) is 2.51. The zero-order valence-electron chi connectivity index (χ0n) is 8.53. The predicted molar refractivity (Wildman–Crippen MR) is 58.4 cm³/mol. The lowest BCUT2D eigenvalue weighted by molar-refractivity contribution is -0.213. The fourth-order valence-corrected chi connectivity index (χ4v) is 2.67. The van der Waals surface area contributed by atoms with Crippen LogP contribution in [0.15, 0.2) is 0 Å². The van der Waals surface area contributed by atoms with Crippen LogP contribution in [0.2, 0.25) is 0 Å². The Morgan fingerprint density at radius 1 is 1.36 bits per heavy atom. The molecule has 82 valence electrons. The maximum atomic E-state index is 5.73. The van der Waals surface area contributed by atoms with Gasteiger partial charge in [0.15, 0.2) is 12.1 Å². The van der Waals surface area contributed by atoms with Crippen molar-refractivity contribution >= 4 is 22.6 Å². The molecule has 0 bridgehead atoms. The Balaban J connectivity index is 2.09. The van der Waals surface area contributed by atoms with Crippen molar-refractivity contribution in [1.82, 2.24) is 0 Å². The first-order chi connectivity index (χ1) is 6.57. The van der Waals surface area contributed by atoms with Crippen LogP contribution in [0.25, 0.3) is 0 Å². The number of methoxy groups -OCH3 is 1. The molecule has 2 aliphatic rings. The van der Waals surface area contributed by atoms with Crippen molar-refractivity contribution in [2.45, 2.75) is 44.2 Å². The Kier molecular flexibility index (Phi) is 3.05. The molecule has 2 aliphatic heterocycles. The Labute approximate surface area is 97.4 Å². The second kappa shape index (κ2) is 3.86. The molecule has 4 atom stereocenters. The fourth-order valence-electron chi connectivity index (χ4n) is 1.96. The largest absolute Gasteiger partial charge is 0.376 e. The Hall–Kier alpha value is 0.570. The third-order valence-corrected chi connectivity index (χ3v) is 3.38. The van der Waals surface area contributed by atoms with Crippen molar-refractivity contribution in [3.63, 3.8) is 0 Å². The van der Waals surface area contributed by atoms with E-state index in [1.54, 1.807) is 7.11 Å². The smallest absolute Gasteiger partial charge is 0.190 e. The van der Waals surface area contributed by atoms with Gasteiger partial charge in [-0.25, -0.2) is 0 Å². The maximum absolute atomic E-state index is 5.73. The van der Waals surface area contributed by atoms with E-state index in [0.717, 1.165) is 4.43 Å². The van der Waals surface area contributed by atoms with Gasteiger partial charge < -0.3 is 18.9 Å². The van der Waals surface area contributed by atoms with Gasteiger partial charge >= 0.3 is 0 Å². The topological polar surface area (TPSA) is 36.9 Å². The van der Waals surface area contributed by atoms with Crippen molar-refractivity contribution < 1.29 is 18.9 Å². The molecular formula is C9H15IO4. The summed E-state index contributed by atoms with van der Waals surface area (Å²) in [5.41, 5.74) is 0. The van der Waals surface area contributed by atoms with Crippen LogP contribution in [0, 0.1) is 0 Å². The summed E-state index contributed by atoms with van der Waals surface area (Å²) in [6, 6.07) is 0. The van der Waals surface area contributed by atoms with Gasteiger partial charge in [0.25, 0.3) is 0 Å². The summed E-state index contributed by atoms with van der Waals surface area (Å²) in [5.74, 6) is -0.553. The number of ether oxygens (including phenoxy) is 4. The molecule has 14 heavy (non-hydrogen) atoms. The van der Waals surface area contributed by atoms with Crippen LogP contribution >= 0.6 is 22.6 Å². The molecule has 0 unspecified atom stereocenters. The Morgan fingerprint density at radius 2 is 2.07 bits per heavy atom. The highest BCUT2D eigenvalue weighted by atomic mass is 127. The van der Waals surface area contributed by atoms with Crippen LogP contribution in [-0.2, 0) is 18.9 Å². The Bertz CT molecular complexity index is 221. The lowest BCUT2D eigenvalue weighted by Crippen LogP contribution is -2.36. The first-order valence-electron chi connectivity index (χ1n) is 4.67. The first-order valence-corrected chi connectivity index (χ1v) is 6.20. The van der Waals surface area contributed by atoms with Crippen LogP contribution in [0.3, 0.4) is 0 Å². The van der Waals surface area contributed by atoms with Crippen LogP contribution in [0.4, 0.5) is 0 Å². The molecule has 0 aromatic rings. The van der Waals surface area contributed by atoms with E-state index >= 15 is 0 Å². The number of fused-ring (bicyclic) bond motifs is 1. The van der Waals surface area contributed by atoms with Gasteiger partial charge in [-0.2, -0.15) is 0 Å². The lowest BCUT2D eigenvalue weighted by Gasteiger charge is -2.23. The van der Waals surface area contributed by atoms with Gasteiger partial charge in [-0.05, 0) is 13.8 Å². The molecule has 0 N–H and O–H groups in total. The highest BCUT2D eigenvalue weighted by Crippen LogP contribution is 2.38. The van der Waals surface area contributed by atoms with Gasteiger partial charge in [0.2, 0.25) is 0 Å². The van der Waals surface area contributed by atoms with E-state index in [0.29, 0.717) is 0 Å². The van der Waals surface area contributed by atoms with Gasteiger partial charge in [0.05, 0.1) is 6.10 Å². The molecule has 0 amide bonds. The summed E-state index contributed by atoms with van der Waals surface area (Å²) in [6.07, 6.45) is -0.296. The van der Waals surface area contributed by atoms with Crippen molar-refractivity contribution in [2.75, 3.05) is 11.5 Å². The number of hydrogen-bond acceptors (Lipinski definition) is 4. The van der Waals surface area contributed by atoms with Crippen molar-refractivity contribution in [3.8, 4) is 0 Å². The minimum atomic E-state index is -0.553. The highest BCUT2D eigenvalue weighted by Gasteiger charge is 2.54. The monoisotopic (exact) mass is 314 g/mol. The van der Waals surface area contributed by atoms with Gasteiger partial charge in [-0.15, -0.1) is 0 Å². The van der Waals surface area contributed by atoms with Crippen molar-refractivity contribution in [2.24, 2.45) is 0 Å². The average molecular weight is 314 g/mol. The van der Waals surface area contributed by atoms with E-state index in [4.69, 9.17) is 18.9 Å². The minimum Gasteiger partial charge on any atom is -0.376 e. The number of rotatable bonds is 2. The van der Waals surface area contributed by atoms with E-state index in [9.17, 15) is 0 Å². The van der Waals surface area contributed by atoms with Crippen molar-refractivity contribution in [3.05, 3.63) is 0 Å². The summed E-state index contributed by atoms with van der Waals surface area (Å²) < 4.78 is 23.3. The molecule has 0 aromatic carbocycles. The van der Waals surface area contributed by atoms with E-state index in [1.165, 1.54) is 0 Å². The molecule has 2 rings (SSSR count).